The number of aromatic nitrogens is 2. The fourth-order valence-corrected chi connectivity index (χ4v) is 5.42. The zero-order valence-corrected chi connectivity index (χ0v) is 21.4. The van der Waals surface area contributed by atoms with Gasteiger partial charge in [-0.25, -0.2) is 13.8 Å². The van der Waals surface area contributed by atoms with Crippen LogP contribution in [0, 0.1) is 23.0 Å². The minimum Gasteiger partial charge on any atom is -0.335 e. The van der Waals surface area contributed by atoms with Crippen LogP contribution in [0.1, 0.15) is 58.1 Å². The van der Waals surface area contributed by atoms with E-state index in [0.717, 1.165) is 50.7 Å². The monoisotopic (exact) mass is 487 g/mol. The van der Waals surface area contributed by atoms with Crippen molar-refractivity contribution in [3.05, 3.63) is 47.4 Å². The van der Waals surface area contributed by atoms with Crippen molar-refractivity contribution in [2.24, 2.45) is 11.3 Å². The Morgan fingerprint density at radius 1 is 1.26 bits per heavy atom. The molecule has 1 aliphatic heterocycles. The Kier molecular flexibility index (Phi) is 7.91. The van der Waals surface area contributed by atoms with Crippen LogP contribution in [-0.2, 0) is 24.2 Å². The Bertz CT molecular complexity index is 1030. The predicted molar refractivity (Wildman–Crippen MR) is 134 cm³/mol. The molecule has 1 saturated heterocycles. The normalized spacial score (nSPS) is 19.8. The van der Waals surface area contributed by atoms with E-state index in [1.807, 2.05) is 13.1 Å². The van der Waals surface area contributed by atoms with Crippen LogP contribution in [0.2, 0.25) is 0 Å². The summed E-state index contributed by atoms with van der Waals surface area (Å²) < 4.78 is 29.9. The molecule has 0 spiro atoms. The molecule has 0 unspecified atom stereocenters. The molecule has 2 aromatic rings. The van der Waals surface area contributed by atoms with Gasteiger partial charge in [-0.2, -0.15) is 0 Å². The van der Waals surface area contributed by atoms with E-state index < -0.39 is 17.7 Å². The van der Waals surface area contributed by atoms with Crippen LogP contribution in [0.4, 0.5) is 14.6 Å². The standard InChI is InChI=1S/C27H39F2N5O/c1-5-6-24(31-21-8-7-19-9-20(28)10-23(29)22(19)11-21)26(35)32-25-15-34(17-30-25)14-18-12-33(13-18)16-27(2,3)4/h9-10,15,17-18,21,24,31H,5-8,11-14,16H2,1-4H3,(H,32,35)/t21-,24-/m0/s1. The Balaban J connectivity index is 1.29. The molecular formula is C27H39F2N5O. The second-order valence-electron chi connectivity index (χ2n) is 11.5. The van der Waals surface area contributed by atoms with Crippen LogP contribution < -0.4 is 10.6 Å². The molecule has 1 amide bonds. The number of nitrogens with zero attached hydrogens (tertiary/aromatic N) is 3. The number of anilines is 1. The summed E-state index contributed by atoms with van der Waals surface area (Å²) in [5.41, 5.74) is 1.60. The van der Waals surface area contributed by atoms with Gasteiger partial charge in [0.1, 0.15) is 11.6 Å². The summed E-state index contributed by atoms with van der Waals surface area (Å²) in [6.45, 7) is 13.0. The zero-order valence-electron chi connectivity index (χ0n) is 21.4. The van der Waals surface area contributed by atoms with E-state index in [9.17, 15) is 13.6 Å². The summed E-state index contributed by atoms with van der Waals surface area (Å²) in [5, 5.41) is 6.38. The van der Waals surface area contributed by atoms with E-state index >= 15 is 0 Å². The first kappa shape index (κ1) is 25.8. The highest BCUT2D eigenvalue weighted by Crippen LogP contribution is 2.26. The first-order valence-corrected chi connectivity index (χ1v) is 12.9. The molecule has 4 rings (SSSR count). The number of benzene rings is 1. The molecule has 8 heteroatoms. The number of nitrogens with one attached hydrogen (secondary N) is 2. The Hall–Kier alpha value is -2.32. The van der Waals surface area contributed by atoms with Crippen molar-refractivity contribution in [1.29, 1.82) is 0 Å². The molecule has 0 bridgehead atoms. The summed E-state index contributed by atoms with van der Waals surface area (Å²) in [7, 11) is 0. The summed E-state index contributed by atoms with van der Waals surface area (Å²) in [5.74, 6) is 0.00538. The van der Waals surface area contributed by atoms with Gasteiger partial charge in [-0.15, -0.1) is 0 Å². The molecule has 1 aromatic carbocycles. The molecule has 0 radical (unpaired) electrons. The van der Waals surface area contributed by atoms with E-state index in [2.05, 4.69) is 45.9 Å². The number of halogens is 2. The second-order valence-corrected chi connectivity index (χ2v) is 11.5. The number of carbonyl (C=O) groups excluding carboxylic acids is 1. The lowest BCUT2D eigenvalue weighted by atomic mass is 9.87. The molecule has 35 heavy (non-hydrogen) atoms. The number of rotatable bonds is 9. The summed E-state index contributed by atoms with van der Waals surface area (Å²) in [4.78, 5) is 19.9. The highest BCUT2D eigenvalue weighted by Gasteiger charge is 2.30. The van der Waals surface area contributed by atoms with Crippen molar-refractivity contribution in [1.82, 2.24) is 19.8 Å². The third-order valence-corrected chi connectivity index (χ3v) is 6.88. The molecule has 2 atom stereocenters. The van der Waals surface area contributed by atoms with Crippen LogP contribution in [0.3, 0.4) is 0 Å². The summed E-state index contributed by atoms with van der Waals surface area (Å²) >= 11 is 0. The second kappa shape index (κ2) is 10.7. The van der Waals surface area contributed by atoms with Gasteiger partial charge in [0.2, 0.25) is 5.91 Å². The molecule has 0 saturated carbocycles. The van der Waals surface area contributed by atoms with Crippen LogP contribution in [0.15, 0.2) is 24.7 Å². The van der Waals surface area contributed by atoms with E-state index in [1.54, 1.807) is 6.33 Å². The lowest BCUT2D eigenvalue weighted by Gasteiger charge is -2.42. The van der Waals surface area contributed by atoms with Crippen molar-refractivity contribution in [3.8, 4) is 0 Å². The summed E-state index contributed by atoms with van der Waals surface area (Å²) in [6, 6.07) is 1.95. The molecule has 192 valence electrons. The molecule has 1 aromatic heterocycles. The lowest BCUT2D eigenvalue weighted by molar-refractivity contribution is -0.118. The minimum absolute atomic E-state index is 0.0306. The van der Waals surface area contributed by atoms with Crippen molar-refractivity contribution in [2.45, 2.75) is 78.4 Å². The molecule has 2 N–H and O–H groups in total. The molecule has 2 aliphatic rings. The van der Waals surface area contributed by atoms with Gasteiger partial charge in [-0.3, -0.25) is 4.79 Å². The number of likely N-dealkylation sites (tertiary alicyclic amines) is 1. The smallest absolute Gasteiger partial charge is 0.242 e. The van der Waals surface area contributed by atoms with Gasteiger partial charge in [0, 0.05) is 50.4 Å². The van der Waals surface area contributed by atoms with E-state index in [1.165, 1.54) is 6.07 Å². The molecular weight excluding hydrogens is 448 g/mol. The number of hydrogen-bond donors (Lipinski definition) is 2. The van der Waals surface area contributed by atoms with Gasteiger partial charge in [-0.05, 0) is 48.3 Å². The fourth-order valence-electron chi connectivity index (χ4n) is 5.42. The van der Waals surface area contributed by atoms with E-state index in [4.69, 9.17) is 0 Å². The van der Waals surface area contributed by atoms with E-state index in [-0.39, 0.29) is 11.9 Å². The Morgan fingerprint density at radius 2 is 2.03 bits per heavy atom. The molecule has 1 fully saturated rings. The van der Waals surface area contributed by atoms with Gasteiger partial charge in [0.15, 0.2) is 5.82 Å². The third-order valence-electron chi connectivity index (χ3n) is 6.88. The maximum absolute atomic E-state index is 14.3. The first-order chi connectivity index (χ1) is 16.6. The average molecular weight is 488 g/mol. The van der Waals surface area contributed by atoms with Crippen LogP contribution in [0.5, 0.6) is 0 Å². The number of carbonyl (C=O) groups is 1. The van der Waals surface area contributed by atoms with Crippen molar-refractivity contribution in [3.63, 3.8) is 0 Å². The molecule has 6 nitrogen and oxygen atoms in total. The quantitative estimate of drug-likeness (QED) is 0.551. The van der Waals surface area contributed by atoms with Crippen LogP contribution in [-0.4, -0.2) is 52.1 Å². The predicted octanol–water partition coefficient (Wildman–Crippen LogP) is 4.39. The minimum atomic E-state index is -0.533. The number of aryl methyl sites for hydroxylation is 1. The Labute approximate surface area is 207 Å². The van der Waals surface area contributed by atoms with Crippen LogP contribution in [0.25, 0.3) is 0 Å². The van der Waals surface area contributed by atoms with Gasteiger partial charge < -0.3 is 20.1 Å². The summed E-state index contributed by atoms with van der Waals surface area (Å²) in [6.07, 6.45) is 6.99. The highest BCUT2D eigenvalue weighted by molar-refractivity contribution is 5.94. The van der Waals surface area contributed by atoms with E-state index in [0.29, 0.717) is 42.0 Å². The number of fused-ring (bicyclic) bond motifs is 1. The van der Waals surface area contributed by atoms with Crippen molar-refractivity contribution < 1.29 is 13.6 Å². The first-order valence-electron chi connectivity index (χ1n) is 12.9. The van der Waals surface area contributed by atoms with Gasteiger partial charge >= 0.3 is 0 Å². The highest BCUT2D eigenvalue weighted by atomic mass is 19.1. The van der Waals surface area contributed by atoms with Crippen molar-refractivity contribution in [2.75, 3.05) is 25.0 Å². The SMILES string of the molecule is CCC[C@H](N[C@H]1CCc2cc(F)cc(F)c2C1)C(=O)Nc1cn(CC2CN(CC(C)(C)C)C2)cn1. The van der Waals surface area contributed by atoms with Gasteiger partial charge in [0.05, 0.1) is 12.4 Å². The fraction of sp³-hybridized carbons (Fsp3) is 0.630. The van der Waals surface area contributed by atoms with Gasteiger partial charge in [0.25, 0.3) is 0 Å². The topological polar surface area (TPSA) is 62.2 Å². The number of imidazole rings is 1. The third kappa shape index (κ3) is 6.88. The van der Waals surface area contributed by atoms with Crippen molar-refractivity contribution >= 4 is 11.7 Å². The maximum Gasteiger partial charge on any atom is 0.242 e. The Morgan fingerprint density at radius 3 is 2.74 bits per heavy atom. The average Bonchev–Trinajstić information content (AvgIpc) is 3.18. The largest absolute Gasteiger partial charge is 0.335 e. The molecule has 1 aliphatic carbocycles. The number of hydrogen-bond acceptors (Lipinski definition) is 4. The van der Waals surface area contributed by atoms with Crippen LogP contribution >= 0.6 is 0 Å². The maximum atomic E-state index is 14.3. The number of amides is 1. The lowest BCUT2D eigenvalue weighted by Crippen LogP contribution is -2.51. The zero-order chi connectivity index (χ0) is 25.2. The molecule has 2 heterocycles. The van der Waals surface area contributed by atoms with Gasteiger partial charge in [-0.1, -0.05) is 34.1 Å².